The number of aliphatic hydroxyl groups excluding tert-OH is 1. The Bertz CT molecular complexity index is 997. The van der Waals surface area contributed by atoms with E-state index in [1.165, 1.54) is 18.9 Å². The number of nitrogens with one attached hydrogen (secondary N) is 2. The lowest BCUT2D eigenvalue weighted by Gasteiger charge is -2.10. The number of amides is 3. The number of rotatable bonds is 6. The van der Waals surface area contributed by atoms with Crippen LogP contribution in [0, 0.1) is 0 Å². The molecule has 0 atom stereocenters. The predicted octanol–water partition coefficient (Wildman–Crippen LogP) is 1.89. The maximum atomic E-state index is 12.3. The maximum Gasteiger partial charge on any atom is 0.289 e. The van der Waals surface area contributed by atoms with Gasteiger partial charge in [0, 0.05) is 27.1 Å². The molecule has 0 aliphatic carbocycles. The standard InChI is InChI=1S/C22H23N3O4/c1-14(26)23-11-15-5-3-7-17(9-15)18-8-4-6-16(10-18)12-24-21(28)19-13-25(2)22(29)20(19)27/h3-10,27H,11-13H2,1-2H3,(H,23,26)(H,24,28). The van der Waals surface area contributed by atoms with E-state index in [4.69, 9.17) is 0 Å². The van der Waals surface area contributed by atoms with E-state index in [0.29, 0.717) is 6.54 Å². The molecule has 0 unspecified atom stereocenters. The van der Waals surface area contributed by atoms with Crippen molar-refractivity contribution < 1.29 is 19.5 Å². The number of nitrogens with zero attached hydrogens (tertiary/aromatic N) is 1. The molecule has 3 amide bonds. The Labute approximate surface area is 169 Å². The quantitative estimate of drug-likeness (QED) is 0.698. The van der Waals surface area contributed by atoms with Gasteiger partial charge >= 0.3 is 0 Å². The van der Waals surface area contributed by atoms with Crippen LogP contribution < -0.4 is 10.6 Å². The van der Waals surface area contributed by atoms with E-state index in [2.05, 4.69) is 10.6 Å². The first-order chi connectivity index (χ1) is 13.8. The molecule has 0 saturated carbocycles. The van der Waals surface area contributed by atoms with Crippen molar-refractivity contribution in [3.63, 3.8) is 0 Å². The molecule has 3 N–H and O–H groups in total. The van der Waals surface area contributed by atoms with E-state index < -0.39 is 17.6 Å². The zero-order valence-electron chi connectivity index (χ0n) is 16.4. The second kappa shape index (κ2) is 8.60. The van der Waals surface area contributed by atoms with Crippen molar-refractivity contribution in [2.24, 2.45) is 0 Å². The molecule has 7 nitrogen and oxygen atoms in total. The second-order valence-corrected chi connectivity index (χ2v) is 6.98. The van der Waals surface area contributed by atoms with Gasteiger partial charge < -0.3 is 20.6 Å². The van der Waals surface area contributed by atoms with Crippen LogP contribution in [-0.4, -0.2) is 41.3 Å². The molecular formula is C22H23N3O4. The number of likely N-dealkylation sites (N-methyl/N-ethyl adjacent to an activating group) is 1. The van der Waals surface area contributed by atoms with Crippen LogP contribution in [0.15, 0.2) is 59.9 Å². The summed E-state index contributed by atoms with van der Waals surface area (Å²) in [5, 5.41) is 15.3. The third-order valence-corrected chi connectivity index (χ3v) is 4.69. The summed E-state index contributed by atoms with van der Waals surface area (Å²) in [7, 11) is 1.53. The maximum absolute atomic E-state index is 12.3. The first kappa shape index (κ1) is 20.1. The number of hydrogen-bond donors (Lipinski definition) is 3. The van der Waals surface area contributed by atoms with Crippen LogP contribution in [0.2, 0.25) is 0 Å². The van der Waals surface area contributed by atoms with E-state index in [1.807, 2.05) is 48.5 Å². The molecule has 0 saturated heterocycles. The van der Waals surface area contributed by atoms with Crippen LogP contribution in [0.1, 0.15) is 18.1 Å². The molecule has 2 aromatic carbocycles. The fraction of sp³-hybridized carbons (Fsp3) is 0.227. The fourth-order valence-electron chi connectivity index (χ4n) is 3.11. The first-order valence-corrected chi connectivity index (χ1v) is 9.23. The van der Waals surface area contributed by atoms with Gasteiger partial charge in [-0.2, -0.15) is 0 Å². The Kier molecular flexibility index (Phi) is 5.97. The normalized spacial score (nSPS) is 13.6. The highest BCUT2D eigenvalue weighted by atomic mass is 16.3. The van der Waals surface area contributed by atoms with Crippen molar-refractivity contribution >= 4 is 17.7 Å². The van der Waals surface area contributed by atoms with E-state index >= 15 is 0 Å². The molecule has 0 radical (unpaired) electrons. The number of benzene rings is 2. The highest BCUT2D eigenvalue weighted by Gasteiger charge is 2.31. The van der Waals surface area contributed by atoms with Crippen molar-refractivity contribution in [2.45, 2.75) is 20.0 Å². The molecule has 1 aliphatic heterocycles. The Morgan fingerprint density at radius 2 is 1.55 bits per heavy atom. The lowest BCUT2D eigenvalue weighted by Crippen LogP contribution is -2.27. The van der Waals surface area contributed by atoms with Gasteiger partial charge in [-0.1, -0.05) is 36.4 Å². The molecule has 0 spiro atoms. The fourth-order valence-corrected chi connectivity index (χ4v) is 3.11. The monoisotopic (exact) mass is 393 g/mol. The van der Waals surface area contributed by atoms with Crippen molar-refractivity contribution in [3.8, 4) is 11.1 Å². The summed E-state index contributed by atoms with van der Waals surface area (Å²) in [6.07, 6.45) is 0. The Morgan fingerprint density at radius 3 is 2.03 bits per heavy atom. The molecule has 0 fully saturated rings. The van der Waals surface area contributed by atoms with Crippen LogP contribution in [0.5, 0.6) is 0 Å². The van der Waals surface area contributed by atoms with Gasteiger partial charge in [0.05, 0.1) is 12.1 Å². The van der Waals surface area contributed by atoms with E-state index in [0.717, 1.165) is 22.3 Å². The van der Waals surface area contributed by atoms with Gasteiger partial charge in [-0.25, -0.2) is 0 Å². The van der Waals surface area contributed by atoms with Gasteiger partial charge in [0.2, 0.25) is 5.91 Å². The van der Waals surface area contributed by atoms with Crippen molar-refractivity contribution in [2.75, 3.05) is 13.6 Å². The molecule has 7 heteroatoms. The zero-order chi connectivity index (χ0) is 21.0. The lowest BCUT2D eigenvalue weighted by molar-refractivity contribution is -0.126. The molecule has 3 rings (SSSR count). The Hall–Kier alpha value is -3.61. The third-order valence-electron chi connectivity index (χ3n) is 4.69. The minimum atomic E-state index is -0.545. The van der Waals surface area contributed by atoms with E-state index in [-0.39, 0.29) is 24.6 Å². The van der Waals surface area contributed by atoms with Crippen molar-refractivity contribution in [1.82, 2.24) is 15.5 Å². The average molecular weight is 393 g/mol. The van der Waals surface area contributed by atoms with Gasteiger partial charge in [0.25, 0.3) is 11.8 Å². The van der Waals surface area contributed by atoms with Crippen LogP contribution in [0.25, 0.3) is 11.1 Å². The summed E-state index contributed by atoms with van der Waals surface area (Å²) in [6.45, 7) is 2.31. The van der Waals surface area contributed by atoms with E-state index in [9.17, 15) is 19.5 Å². The molecule has 1 heterocycles. The highest BCUT2D eigenvalue weighted by molar-refractivity contribution is 6.06. The summed E-state index contributed by atoms with van der Waals surface area (Å²) >= 11 is 0. The van der Waals surface area contributed by atoms with E-state index in [1.54, 1.807) is 0 Å². The zero-order valence-corrected chi connectivity index (χ0v) is 16.4. The summed E-state index contributed by atoms with van der Waals surface area (Å²) in [5.74, 6) is -1.57. The van der Waals surface area contributed by atoms with Crippen LogP contribution in [-0.2, 0) is 27.5 Å². The molecule has 150 valence electrons. The van der Waals surface area contributed by atoms with Crippen molar-refractivity contribution in [3.05, 3.63) is 71.0 Å². The smallest absolute Gasteiger partial charge is 0.289 e. The molecule has 0 aromatic heterocycles. The topological polar surface area (TPSA) is 98.7 Å². The van der Waals surface area contributed by atoms with Gasteiger partial charge in [-0.15, -0.1) is 0 Å². The van der Waals surface area contributed by atoms with Crippen LogP contribution in [0.4, 0.5) is 0 Å². The third kappa shape index (κ3) is 4.82. The van der Waals surface area contributed by atoms with Gasteiger partial charge in [0.15, 0.2) is 5.76 Å². The summed E-state index contributed by atoms with van der Waals surface area (Å²) in [6, 6.07) is 15.6. The molecule has 29 heavy (non-hydrogen) atoms. The highest BCUT2D eigenvalue weighted by Crippen LogP contribution is 2.22. The number of aliphatic hydroxyl groups is 1. The second-order valence-electron chi connectivity index (χ2n) is 6.98. The Morgan fingerprint density at radius 1 is 1.00 bits per heavy atom. The summed E-state index contributed by atoms with van der Waals surface area (Å²) in [5.41, 5.74) is 3.96. The van der Waals surface area contributed by atoms with Crippen LogP contribution in [0.3, 0.4) is 0 Å². The summed E-state index contributed by atoms with van der Waals surface area (Å²) < 4.78 is 0. The molecule has 0 bridgehead atoms. The van der Waals surface area contributed by atoms with Gasteiger partial charge in [-0.3, -0.25) is 14.4 Å². The number of carbonyl (C=O) groups excluding carboxylic acids is 3. The average Bonchev–Trinajstić information content (AvgIpc) is 2.98. The predicted molar refractivity (Wildman–Crippen MR) is 109 cm³/mol. The molecular weight excluding hydrogens is 370 g/mol. The first-order valence-electron chi connectivity index (χ1n) is 9.23. The molecule has 2 aromatic rings. The molecule has 1 aliphatic rings. The summed E-state index contributed by atoms with van der Waals surface area (Å²) in [4.78, 5) is 36.3. The van der Waals surface area contributed by atoms with Gasteiger partial charge in [-0.05, 0) is 34.4 Å². The van der Waals surface area contributed by atoms with Crippen LogP contribution >= 0.6 is 0 Å². The van der Waals surface area contributed by atoms with Crippen molar-refractivity contribution in [1.29, 1.82) is 0 Å². The lowest BCUT2D eigenvalue weighted by atomic mass is 10.0. The van der Waals surface area contributed by atoms with Gasteiger partial charge in [0.1, 0.15) is 0 Å². The number of hydrogen-bond acceptors (Lipinski definition) is 4. The largest absolute Gasteiger partial charge is 0.503 e. The minimum Gasteiger partial charge on any atom is -0.503 e. The number of carbonyl (C=O) groups is 3. The minimum absolute atomic E-state index is 0.0792. The Balaban J connectivity index is 1.69. The SMILES string of the molecule is CC(=O)NCc1cccc(-c2cccc(CNC(=O)C3=C(O)C(=O)N(C)C3)c2)c1.